The molecule has 0 radical (unpaired) electrons. The van der Waals surface area contributed by atoms with E-state index in [0.717, 1.165) is 0 Å². The van der Waals surface area contributed by atoms with Gasteiger partial charge in [-0.1, -0.05) is 31.2 Å². The van der Waals surface area contributed by atoms with E-state index in [9.17, 15) is 19.5 Å². The van der Waals surface area contributed by atoms with Crippen molar-refractivity contribution in [1.82, 2.24) is 9.80 Å². The topological polar surface area (TPSA) is 99.6 Å². The van der Waals surface area contributed by atoms with Gasteiger partial charge < -0.3 is 29.3 Å². The van der Waals surface area contributed by atoms with Crippen molar-refractivity contribution in [2.45, 2.75) is 43.6 Å². The van der Waals surface area contributed by atoms with E-state index >= 15 is 0 Å². The van der Waals surface area contributed by atoms with Crippen LogP contribution in [0.15, 0.2) is 48.6 Å². The van der Waals surface area contributed by atoms with Crippen molar-refractivity contribution in [3.05, 3.63) is 48.6 Å². The number of aliphatic hydroxyl groups excluding tert-OH is 1. The fourth-order valence-electron chi connectivity index (χ4n) is 6.38. The smallest absolute Gasteiger partial charge is 0.253 e. The number of carbonyl (C=O) groups is 3. The van der Waals surface area contributed by atoms with Gasteiger partial charge in [0.2, 0.25) is 11.8 Å². The van der Waals surface area contributed by atoms with E-state index in [1.165, 1.54) is 4.90 Å². The number of nitrogens with zero attached hydrogens (tertiary/aromatic N) is 3. The molecule has 2 saturated heterocycles. The summed E-state index contributed by atoms with van der Waals surface area (Å²) in [6, 6.07) is 5.55. The van der Waals surface area contributed by atoms with Crippen LogP contribution in [0.3, 0.4) is 0 Å². The largest absolute Gasteiger partial charge is 0.497 e. The van der Waals surface area contributed by atoms with Gasteiger partial charge in [0.1, 0.15) is 17.4 Å². The van der Waals surface area contributed by atoms with Gasteiger partial charge in [-0.3, -0.25) is 14.4 Å². The van der Waals surface area contributed by atoms with Crippen LogP contribution < -0.4 is 9.64 Å². The summed E-state index contributed by atoms with van der Waals surface area (Å²) in [6.07, 6.45) is 7.84. The first-order valence-corrected chi connectivity index (χ1v) is 12.4. The number of rotatable bonds is 5. The summed E-state index contributed by atoms with van der Waals surface area (Å²) in [6.45, 7) is 4.09. The molecule has 9 heteroatoms. The normalized spacial score (nSPS) is 34.3. The van der Waals surface area contributed by atoms with E-state index in [4.69, 9.17) is 9.47 Å². The molecule has 0 aliphatic carbocycles. The lowest BCUT2D eigenvalue weighted by Crippen LogP contribution is -2.58. The number of benzene rings is 1. The molecule has 192 valence electrons. The average Bonchev–Trinajstić information content (AvgIpc) is 3.15. The predicted octanol–water partition coefficient (Wildman–Crippen LogP) is 1.37. The lowest BCUT2D eigenvalue weighted by atomic mass is 9.74. The summed E-state index contributed by atoms with van der Waals surface area (Å²) in [5, 5.41) is 10.2. The number of fused-ring (bicyclic) bond motifs is 2. The molecule has 0 aromatic heterocycles. The highest BCUT2D eigenvalue weighted by Gasteiger charge is 2.75. The molecule has 4 heterocycles. The maximum absolute atomic E-state index is 14.3. The van der Waals surface area contributed by atoms with E-state index in [0.29, 0.717) is 24.4 Å². The van der Waals surface area contributed by atoms with Crippen molar-refractivity contribution < 1.29 is 29.0 Å². The highest BCUT2D eigenvalue weighted by molar-refractivity contribution is 6.06. The first-order chi connectivity index (χ1) is 17.2. The third kappa shape index (κ3) is 3.33. The molecule has 4 aliphatic rings. The minimum atomic E-state index is -1.34. The molecule has 1 spiro atoms. The molecule has 0 saturated carbocycles. The lowest BCUT2D eigenvalue weighted by molar-refractivity contribution is -0.150. The number of ether oxygens (including phenoxy) is 2. The van der Waals surface area contributed by atoms with Gasteiger partial charge in [-0.15, -0.1) is 0 Å². The Balaban J connectivity index is 1.66. The summed E-state index contributed by atoms with van der Waals surface area (Å²) < 4.78 is 12.0. The Kier molecular flexibility index (Phi) is 5.95. The molecule has 36 heavy (non-hydrogen) atoms. The van der Waals surface area contributed by atoms with Crippen LogP contribution in [0.4, 0.5) is 5.69 Å². The molecular weight excluding hydrogens is 462 g/mol. The third-order valence-corrected chi connectivity index (χ3v) is 8.16. The number of hydrogen-bond donors (Lipinski definition) is 1. The number of hydrogen-bond acceptors (Lipinski definition) is 6. The second-order valence-electron chi connectivity index (χ2n) is 10.2. The second kappa shape index (κ2) is 8.74. The molecule has 6 atom stereocenters. The highest BCUT2D eigenvalue weighted by atomic mass is 16.5. The standard InChI is InChI=1S/C27H33N3O6/c1-5-17(16-31)30-22-25(34)29(18-8-10-19(35-4)11-9-18)15-7-13-27(22)21(24(30)33)20-23(32)28(3)14-6-12-26(20,2)36-27/h6-13,17,20-22,31H,5,14-16H2,1-4H3/t17-,20-,21-,22?,26+,27-/m0/s1. The van der Waals surface area contributed by atoms with Crippen LogP contribution in [-0.4, -0.2) is 89.8 Å². The lowest BCUT2D eigenvalue weighted by Gasteiger charge is -2.40. The predicted molar refractivity (Wildman–Crippen MR) is 132 cm³/mol. The van der Waals surface area contributed by atoms with Gasteiger partial charge in [-0.05, 0) is 37.6 Å². The number of amides is 3. The van der Waals surface area contributed by atoms with Crippen LogP contribution in [0.5, 0.6) is 5.75 Å². The van der Waals surface area contributed by atoms with Gasteiger partial charge in [0.25, 0.3) is 5.91 Å². The quantitative estimate of drug-likeness (QED) is 0.620. The van der Waals surface area contributed by atoms with E-state index in [1.807, 2.05) is 38.2 Å². The average molecular weight is 496 g/mol. The van der Waals surface area contributed by atoms with Crippen molar-refractivity contribution in [2.24, 2.45) is 11.8 Å². The zero-order valence-electron chi connectivity index (χ0n) is 21.1. The Labute approximate surface area is 210 Å². The summed E-state index contributed by atoms with van der Waals surface area (Å²) in [5.41, 5.74) is -1.73. The van der Waals surface area contributed by atoms with Crippen LogP contribution >= 0.6 is 0 Å². The van der Waals surface area contributed by atoms with Crippen molar-refractivity contribution >= 4 is 23.4 Å². The minimum Gasteiger partial charge on any atom is -0.497 e. The third-order valence-electron chi connectivity index (χ3n) is 8.16. The van der Waals surface area contributed by atoms with Gasteiger partial charge in [0, 0.05) is 25.8 Å². The molecule has 2 fully saturated rings. The van der Waals surface area contributed by atoms with Crippen LogP contribution in [-0.2, 0) is 19.1 Å². The molecule has 0 bridgehead atoms. The summed E-state index contributed by atoms with van der Waals surface area (Å²) >= 11 is 0. The first-order valence-electron chi connectivity index (χ1n) is 12.4. The monoisotopic (exact) mass is 495 g/mol. The Bertz CT molecular complexity index is 1130. The maximum atomic E-state index is 14.3. The summed E-state index contributed by atoms with van der Waals surface area (Å²) in [7, 11) is 3.29. The van der Waals surface area contributed by atoms with E-state index in [-0.39, 0.29) is 30.9 Å². The number of likely N-dealkylation sites (tertiary alicyclic amines) is 1. The molecule has 1 aromatic carbocycles. The van der Waals surface area contributed by atoms with Crippen LogP contribution in [0, 0.1) is 11.8 Å². The molecule has 5 rings (SSSR count). The summed E-state index contributed by atoms with van der Waals surface area (Å²) in [4.78, 5) is 46.8. The molecule has 4 aliphatic heterocycles. The Morgan fingerprint density at radius 1 is 1.06 bits per heavy atom. The van der Waals surface area contributed by atoms with E-state index in [2.05, 4.69) is 0 Å². The zero-order chi connectivity index (χ0) is 25.8. The fourth-order valence-corrected chi connectivity index (χ4v) is 6.38. The van der Waals surface area contributed by atoms with Crippen molar-refractivity contribution in [3.8, 4) is 5.75 Å². The van der Waals surface area contributed by atoms with Gasteiger partial charge in [-0.25, -0.2) is 0 Å². The molecule has 3 amide bonds. The summed E-state index contributed by atoms with van der Waals surface area (Å²) in [5.74, 6) is -1.84. The Morgan fingerprint density at radius 3 is 2.39 bits per heavy atom. The molecule has 9 nitrogen and oxygen atoms in total. The van der Waals surface area contributed by atoms with Gasteiger partial charge in [-0.2, -0.15) is 0 Å². The molecule has 1 aromatic rings. The van der Waals surface area contributed by atoms with Crippen molar-refractivity contribution in [3.63, 3.8) is 0 Å². The number of carbonyl (C=O) groups excluding carboxylic acids is 3. The molecule has 1 N–H and O–H groups in total. The molecule has 1 unspecified atom stereocenters. The van der Waals surface area contributed by atoms with Gasteiger partial charge in [0.05, 0.1) is 37.2 Å². The SMILES string of the molecule is CC[C@@H](CO)N1C(=O)[C@@H]2[C@H]3C(=O)N(C)CC=C[C@@]3(C)O[C@@]23C=CCN(c2ccc(OC)cc2)C(=O)C13. The minimum absolute atomic E-state index is 0.188. The fraction of sp³-hybridized carbons (Fsp3) is 0.519. The van der Waals surface area contributed by atoms with Gasteiger partial charge >= 0.3 is 0 Å². The van der Waals surface area contributed by atoms with E-state index < -0.39 is 35.1 Å². The number of aliphatic hydroxyl groups is 1. The second-order valence-corrected chi connectivity index (χ2v) is 10.2. The van der Waals surface area contributed by atoms with Crippen LogP contribution in [0.2, 0.25) is 0 Å². The van der Waals surface area contributed by atoms with Crippen molar-refractivity contribution in [2.75, 3.05) is 38.8 Å². The van der Waals surface area contributed by atoms with Crippen LogP contribution in [0.25, 0.3) is 0 Å². The molecular formula is C27H33N3O6. The number of methoxy groups -OCH3 is 1. The maximum Gasteiger partial charge on any atom is 0.253 e. The van der Waals surface area contributed by atoms with Crippen molar-refractivity contribution in [1.29, 1.82) is 0 Å². The van der Waals surface area contributed by atoms with E-state index in [1.54, 1.807) is 48.2 Å². The number of likely N-dealkylation sites (N-methyl/N-ethyl adjacent to an activating group) is 1. The Morgan fingerprint density at radius 2 is 1.75 bits per heavy atom. The highest BCUT2D eigenvalue weighted by Crippen LogP contribution is 2.58. The Hall–Kier alpha value is -3.17. The van der Waals surface area contributed by atoms with Crippen LogP contribution in [0.1, 0.15) is 20.3 Å². The zero-order valence-corrected chi connectivity index (χ0v) is 21.1. The van der Waals surface area contributed by atoms with Gasteiger partial charge in [0.15, 0.2) is 0 Å². The first kappa shape index (κ1) is 24.5. The number of anilines is 1.